The Balaban J connectivity index is 1.58. The maximum atomic E-state index is 12.8. The van der Waals surface area contributed by atoms with E-state index in [1.165, 1.54) is 21.3 Å². The van der Waals surface area contributed by atoms with Gasteiger partial charge in [0.25, 0.3) is 5.56 Å². The zero-order valence-electron chi connectivity index (χ0n) is 13.4. The molecule has 10 heteroatoms. The first-order chi connectivity index (χ1) is 12.0. The van der Waals surface area contributed by atoms with Gasteiger partial charge in [-0.1, -0.05) is 6.07 Å². The second-order valence-electron chi connectivity index (χ2n) is 5.93. The third-order valence-electron chi connectivity index (χ3n) is 4.35. The summed E-state index contributed by atoms with van der Waals surface area (Å²) in [5.41, 5.74) is 1.01. The van der Waals surface area contributed by atoms with E-state index in [0.717, 1.165) is 5.69 Å². The molecule has 1 saturated heterocycles. The van der Waals surface area contributed by atoms with Gasteiger partial charge in [0.05, 0.1) is 11.9 Å². The molecule has 9 nitrogen and oxygen atoms in total. The number of aromatic amines is 2. The molecule has 0 bridgehead atoms. The number of pyridine rings is 1. The van der Waals surface area contributed by atoms with E-state index >= 15 is 0 Å². The van der Waals surface area contributed by atoms with E-state index in [0.29, 0.717) is 24.6 Å². The average Bonchev–Trinajstić information content (AvgIpc) is 3.13. The molecular weight excluding hydrogens is 344 g/mol. The predicted octanol–water partition coefficient (Wildman–Crippen LogP) is 0.380. The van der Waals surface area contributed by atoms with Crippen LogP contribution < -0.4 is 5.56 Å². The van der Waals surface area contributed by atoms with Gasteiger partial charge in [-0.25, -0.2) is 18.1 Å². The van der Waals surface area contributed by atoms with Crippen molar-refractivity contribution in [3.8, 4) is 5.82 Å². The maximum absolute atomic E-state index is 12.8. The van der Waals surface area contributed by atoms with Gasteiger partial charge in [-0.3, -0.25) is 9.89 Å². The van der Waals surface area contributed by atoms with Crippen molar-refractivity contribution in [3.63, 3.8) is 0 Å². The molecule has 130 valence electrons. The van der Waals surface area contributed by atoms with Crippen LogP contribution in [0.4, 0.5) is 0 Å². The lowest BCUT2D eigenvalue weighted by Gasteiger charge is -2.37. The molecule has 0 spiro atoms. The number of hydrogen-bond donors (Lipinski definition) is 2. The van der Waals surface area contributed by atoms with Crippen LogP contribution in [0.2, 0.25) is 0 Å². The smallest absolute Gasteiger partial charge is 0.264 e. The fourth-order valence-electron chi connectivity index (χ4n) is 2.90. The Hall–Kier alpha value is -2.72. The average molecular weight is 360 g/mol. The number of nitrogens with zero attached hydrogens (tertiary/aromatic N) is 4. The first kappa shape index (κ1) is 15.8. The first-order valence-electron chi connectivity index (χ1n) is 7.70. The van der Waals surface area contributed by atoms with E-state index in [4.69, 9.17) is 0 Å². The normalized spacial score (nSPS) is 16.0. The molecule has 3 aromatic rings. The van der Waals surface area contributed by atoms with Crippen LogP contribution in [0.25, 0.3) is 5.82 Å². The van der Waals surface area contributed by atoms with Crippen molar-refractivity contribution < 1.29 is 8.42 Å². The lowest BCUT2D eigenvalue weighted by Crippen LogP contribution is -2.48. The summed E-state index contributed by atoms with van der Waals surface area (Å²) in [6.07, 6.45) is 2.98. The number of aromatic nitrogens is 5. The van der Waals surface area contributed by atoms with E-state index in [-0.39, 0.29) is 16.4 Å². The summed E-state index contributed by atoms with van der Waals surface area (Å²) < 4.78 is 28.6. The Bertz CT molecular complexity index is 1060. The van der Waals surface area contributed by atoms with Crippen molar-refractivity contribution in [3.05, 3.63) is 58.4 Å². The summed E-state index contributed by atoms with van der Waals surface area (Å²) in [4.78, 5) is 15.5. The van der Waals surface area contributed by atoms with Crippen LogP contribution >= 0.6 is 0 Å². The summed E-state index contributed by atoms with van der Waals surface area (Å²) in [7, 11) is -3.63. The van der Waals surface area contributed by atoms with Crippen LogP contribution in [0.15, 0.2) is 46.3 Å². The molecule has 0 radical (unpaired) electrons. The number of rotatable bonds is 4. The lowest BCUT2D eigenvalue weighted by molar-refractivity contribution is 0.260. The summed E-state index contributed by atoms with van der Waals surface area (Å²) in [6, 6.07) is 6.82. The molecule has 1 aliphatic rings. The molecule has 1 aliphatic heterocycles. The SMILES string of the molecule is Cc1c(S(=O)(=O)N2CC(c3cc(=O)[nH][nH]3)C2)cnn1-c1ccccn1. The molecule has 4 rings (SSSR count). The van der Waals surface area contributed by atoms with Crippen molar-refractivity contribution >= 4 is 10.0 Å². The van der Waals surface area contributed by atoms with E-state index in [9.17, 15) is 13.2 Å². The molecule has 4 heterocycles. The largest absolute Gasteiger partial charge is 0.302 e. The molecule has 0 aliphatic carbocycles. The molecule has 0 aromatic carbocycles. The van der Waals surface area contributed by atoms with E-state index in [1.54, 1.807) is 25.3 Å². The fraction of sp³-hybridized carbons (Fsp3) is 0.267. The summed E-state index contributed by atoms with van der Waals surface area (Å²) in [5.74, 6) is 0.549. The van der Waals surface area contributed by atoms with Crippen molar-refractivity contribution in [2.45, 2.75) is 17.7 Å². The molecule has 0 atom stereocenters. The Morgan fingerprint density at radius 1 is 1.24 bits per heavy atom. The molecule has 0 unspecified atom stereocenters. The van der Waals surface area contributed by atoms with Gasteiger partial charge in [-0.2, -0.15) is 9.40 Å². The molecular formula is C15H16N6O3S. The zero-order valence-corrected chi connectivity index (χ0v) is 14.2. The highest BCUT2D eigenvalue weighted by Gasteiger charge is 2.39. The molecule has 1 fully saturated rings. The second-order valence-corrected chi connectivity index (χ2v) is 7.83. The minimum absolute atomic E-state index is 0.0140. The number of nitrogens with one attached hydrogen (secondary N) is 2. The van der Waals surface area contributed by atoms with Gasteiger partial charge >= 0.3 is 0 Å². The summed E-state index contributed by atoms with van der Waals surface area (Å²) in [5, 5.41) is 9.41. The third-order valence-corrected chi connectivity index (χ3v) is 6.29. The Morgan fingerprint density at radius 2 is 2.04 bits per heavy atom. The molecule has 0 amide bonds. The van der Waals surface area contributed by atoms with E-state index < -0.39 is 10.0 Å². The highest BCUT2D eigenvalue weighted by molar-refractivity contribution is 7.89. The number of hydrogen-bond acceptors (Lipinski definition) is 5. The van der Waals surface area contributed by atoms with Crippen molar-refractivity contribution in [2.24, 2.45) is 0 Å². The van der Waals surface area contributed by atoms with Crippen LogP contribution in [-0.2, 0) is 10.0 Å². The van der Waals surface area contributed by atoms with Crippen LogP contribution in [0, 0.1) is 6.92 Å². The quantitative estimate of drug-likeness (QED) is 0.698. The molecule has 3 aromatic heterocycles. The predicted molar refractivity (Wildman–Crippen MR) is 89.0 cm³/mol. The van der Waals surface area contributed by atoms with Gasteiger partial charge in [0, 0.05) is 37.0 Å². The van der Waals surface area contributed by atoms with Gasteiger partial charge in [0.2, 0.25) is 10.0 Å². The monoisotopic (exact) mass is 360 g/mol. The highest BCUT2D eigenvalue weighted by Crippen LogP contribution is 2.31. The Kier molecular flexibility index (Phi) is 3.58. The van der Waals surface area contributed by atoms with Crippen LogP contribution in [0.1, 0.15) is 17.3 Å². The minimum atomic E-state index is -3.63. The topological polar surface area (TPSA) is 117 Å². The van der Waals surface area contributed by atoms with Crippen LogP contribution in [0.5, 0.6) is 0 Å². The van der Waals surface area contributed by atoms with Gasteiger partial charge in [0.15, 0.2) is 5.82 Å². The lowest BCUT2D eigenvalue weighted by atomic mass is 10.00. The number of sulfonamides is 1. The highest BCUT2D eigenvalue weighted by atomic mass is 32.2. The van der Waals surface area contributed by atoms with E-state index in [2.05, 4.69) is 20.3 Å². The standard InChI is InChI=1S/C15H16N6O3S/c1-10-13(7-17-21(10)14-4-2-3-5-16-14)25(23,24)20-8-11(9-20)12-6-15(22)19-18-12/h2-7,11H,8-9H2,1H3,(H2,18,19,22). The van der Waals surface area contributed by atoms with E-state index in [1.807, 2.05) is 6.07 Å². The fourth-order valence-corrected chi connectivity index (χ4v) is 4.57. The first-order valence-corrected chi connectivity index (χ1v) is 9.14. The molecule has 0 saturated carbocycles. The van der Waals surface area contributed by atoms with Gasteiger partial charge < -0.3 is 5.10 Å². The maximum Gasteiger partial charge on any atom is 0.264 e. The Morgan fingerprint density at radius 3 is 2.68 bits per heavy atom. The summed E-state index contributed by atoms with van der Waals surface area (Å²) >= 11 is 0. The van der Waals surface area contributed by atoms with Crippen LogP contribution in [0.3, 0.4) is 0 Å². The molecule has 25 heavy (non-hydrogen) atoms. The Labute approximate surface area is 143 Å². The van der Waals surface area contributed by atoms with Crippen molar-refractivity contribution in [2.75, 3.05) is 13.1 Å². The van der Waals surface area contributed by atoms with Crippen molar-refractivity contribution in [1.82, 2.24) is 29.3 Å². The zero-order chi connectivity index (χ0) is 17.6. The minimum Gasteiger partial charge on any atom is -0.302 e. The molecule has 2 N–H and O–H groups in total. The van der Waals surface area contributed by atoms with Gasteiger partial charge in [-0.15, -0.1) is 0 Å². The summed E-state index contributed by atoms with van der Waals surface area (Å²) in [6.45, 7) is 2.35. The number of H-pyrrole nitrogens is 2. The second kappa shape index (κ2) is 5.67. The van der Waals surface area contributed by atoms with Crippen molar-refractivity contribution in [1.29, 1.82) is 0 Å². The van der Waals surface area contributed by atoms with Crippen LogP contribution in [-0.4, -0.2) is 50.8 Å². The van der Waals surface area contributed by atoms with Gasteiger partial charge in [-0.05, 0) is 19.1 Å². The van der Waals surface area contributed by atoms with Gasteiger partial charge in [0.1, 0.15) is 4.90 Å². The third kappa shape index (κ3) is 2.59.